The van der Waals surface area contributed by atoms with Crippen molar-refractivity contribution in [1.29, 1.82) is 0 Å². The Kier molecular flexibility index (Phi) is 9.40. The van der Waals surface area contributed by atoms with Gasteiger partial charge in [-0.15, -0.1) is 24.0 Å². The van der Waals surface area contributed by atoms with Crippen LogP contribution in [0.15, 0.2) is 29.3 Å². The Hall–Kier alpha value is -1.71. The fourth-order valence-corrected chi connectivity index (χ4v) is 2.48. The highest BCUT2D eigenvalue weighted by Gasteiger charge is 2.25. The molecule has 0 unspecified atom stereocenters. The van der Waals surface area contributed by atoms with E-state index in [-0.39, 0.29) is 41.6 Å². The van der Waals surface area contributed by atoms with E-state index >= 15 is 0 Å². The molecule has 1 aliphatic heterocycles. The Bertz CT molecular complexity index is 608. The Labute approximate surface area is 164 Å². The molecule has 2 rings (SSSR count). The average Bonchev–Trinajstić information content (AvgIpc) is 2.55. The van der Waals surface area contributed by atoms with Crippen LogP contribution in [0.1, 0.15) is 31.7 Å². The monoisotopic (exact) mass is 462 g/mol. The van der Waals surface area contributed by atoms with Crippen LogP contribution in [-0.2, 0) is 16.1 Å². The normalized spacial score (nSPS) is 15.0. The largest absolute Gasteiger partial charge is 0.357 e. The van der Waals surface area contributed by atoms with Gasteiger partial charge < -0.3 is 10.6 Å². The van der Waals surface area contributed by atoms with E-state index in [1.807, 2.05) is 6.92 Å². The van der Waals surface area contributed by atoms with Crippen molar-refractivity contribution in [3.05, 3.63) is 35.6 Å². The van der Waals surface area contributed by atoms with Crippen LogP contribution in [0.5, 0.6) is 0 Å². The molecule has 2 amide bonds. The predicted molar refractivity (Wildman–Crippen MR) is 105 cm³/mol. The van der Waals surface area contributed by atoms with E-state index in [9.17, 15) is 14.0 Å². The van der Waals surface area contributed by atoms with Crippen LogP contribution in [0.3, 0.4) is 0 Å². The second kappa shape index (κ2) is 11.0. The van der Waals surface area contributed by atoms with Crippen molar-refractivity contribution in [2.75, 3.05) is 19.6 Å². The number of nitrogens with one attached hydrogen (secondary N) is 2. The van der Waals surface area contributed by atoms with Crippen molar-refractivity contribution < 1.29 is 14.0 Å². The zero-order valence-electron chi connectivity index (χ0n) is 14.3. The van der Waals surface area contributed by atoms with E-state index in [2.05, 4.69) is 15.6 Å². The lowest BCUT2D eigenvalue weighted by Gasteiger charge is -2.25. The van der Waals surface area contributed by atoms with Crippen LogP contribution >= 0.6 is 24.0 Å². The second-order valence-electron chi connectivity index (χ2n) is 5.54. The Morgan fingerprint density at radius 3 is 2.60 bits per heavy atom. The number of carbonyl (C=O) groups is 2. The number of amides is 2. The third kappa shape index (κ3) is 6.97. The lowest BCUT2D eigenvalue weighted by atomic mass is 10.1. The lowest BCUT2D eigenvalue weighted by Crippen LogP contribution is -2.46. The molecule has 0 atom stereocenters. The molecular weight excluding hydrogens is 438 g/mol. The van der Waals surface area contributed by atoms with E-state index in [4.69, 9.17) is 0 Å². The van der Waals surface area contributed by atoms with Gasteiger partial charge in [0.25, 0.3) is 0 Å². The molecule has 1 aliphatic rings. The Morgan fingerprint density at radius 2 is 1.96 bits per heavy atom. The number of likely N-dealkylation sites (tertiary alicyclic amines) is 1. The summed E-state index contributed by atoms with van der Waals surface area (Å²) in [5.41, 5.74) is 0.772. The number of hydrogen-bond acceptors (Lipinski definition) is 3. The number of piperidine rings is 1. The van der Waals surface area contributed by atoms with E-state index in [0.717, 1.165) is 5.56 Å². The van der Waals surface area contributed by atoms with E-state index < -0.39 is 0 Å². The van der Waals surface area contributed by atoms with Crippen molar-refractivity contribution in [3.8, 4) is 0 Å². The smallest absolute Gasteiger partial charge is 0.229 e. The molecule has 0 spiro atoms. The van der Waals surface area contributed by atoms with Gasteiger partial charge in [0, 0.05) is 32.5 Å². The average molecular weight is 462 g/mol. The summed E-state index contributed by atoms with van der Waals surface area (Å²) >= 11 is 0. The van der Waals surface area contributed by atoms with Crippen molar-refractivity contribution in [2.45, 2.75) is 32.7 Å². The molecule has 0 aromatic heterocycles. The fourth-order valence-electron chi connectivity index (χ4n) is 2.48. The maximum absolute atomic E-state index is 13.2. The quantitative estimate of drug-likeness (QED) is 0.294. The molecule has 138 valence electrons. The van der Waals surface area contributed by atoms with Crippen molar-refractivity contribution in [3.63, 3.8) is 0 Å². The summed E-state index contributed by atoms with van der Waals surface area (Å²) in [6, 6.07) is 6.29. The van der Waals surface area contributed by atoms with Crippen LogP contribution in [-0.4, -0.2) is 42.3 Å². The number of hydrogen-bond donors (Lipinski definition) is 2. The summed E-state index contributed by atoms with van der Waals surface area (Å²) < 4.78 is 13.2. The maximum atomic E-state index is 13.2. The van der Waals surface area contributed by atoms with Gasteiger partial charge in [0.1, 0.15) is 5.82 Å². The highest BCUT2D eigenvalue weighted by atomic mass is 127. The predicted octanol–water partition coefficient (Wildman–Crippen LogP) is 2.04. The third-order valence-electron chi connectivity index (χ3n) is 3.66. The number of halogens is 2. The van der Waals surface area contributed by atoms with Gasteiger partial charge in [-0.25, -0.2) is 9.38 Å². The summed E-state index contributed by atoms with van der Waals surface area (Å²) in [5, 5.41) is 6.18. The van der Waals surface area contributed by atoms with E-state index in [0.29, 0.717) is 51.4 Å². The highest BCUT2D eigenvalue weighted by Crippen LogP contribution is 2.11. The molecule has 25 heavy (non-hydrogen) atoms. The van der Waals surface area contributed by atoms with Crippen molar-refractivity contribution in [1.82, 2.24) is 15.5 Å². The van der Waals surface area contributed by atoms with Gasteiger partial charge in [0.15, 0.2) is 5.96 Å². The van der Waals surface area contributed by atoms with Gasteiger partial charge in [-0.1, -0.05) is 12.1 Å². The molecule has 6 nitrogen and oxygen atoms in total. The van der Waals surface area contributed by atoms with Crippen LogP contribution < -0.4 is 10.6 Å². The summed E-state index contributed by atoms with van der Waals surface area (Å²) in [5.74, 6) is 0.0472. The first kappa shape index (κ1) is 21.3. The molecular formula is C17H24FIN4O2. The number of guanidine groups is 1. The number of carbonyl (C=O) groups excluding carboxylic acids is 2. The first-order chi connectivity index (χ1) is 11.6. The summed E-state index contributed by atoms with van der Waals surface area (Å²) in [6.45, 7) is 3.71. The van der Waals surface area contributed by atoms with Gasteiger partial charge in [-0.05, 0) is 31.0 Å². The molecule has 1 fully saturated rings. The van der Waals surface area contributed by atoms with E-state index in [1.165, 1.54) is 17.0 Å². The molecule has 1 heterocycles. The SMILES string of the molecule is CCNC(=NCc1cccc(F)c1)NCCN1C(=O)CCCC1=O.I. The molecule has 2 N–H and O–H groups in total. The number of benzene rings is 1. The molecule has 1 aromatic carbocycles. The molecule has 1 saturated heterocycles. The minimum atomic E-state index is -0.289. The molecule has 1 aromatic rings. The topological polar surface area (TPSA) is 73.8 Å². The zero-order chi connectivity index (χ0) is 17.4. The van der Waals surface area contributed by atoms with Gasteiger partial charge in [0.05, 0.1) is 6.54 Å². The minimum Gasteiger partial charge on any atom is -0.357 e. The zero-order valence-corrected chi connectivity index (χ0v) is 16.6. The van der Waals surface area contributed by atoms with Crippen LogP contribution in [0.25, 0.3) is 0 Å². The second-order valence-corrected chi connectivity index (χ2v) is 5.54. The number of rotatable bonds is 6. The van der Waals surface area contributed by atoms with Crippen molar-refractivity contribution in [2.24, 2.45) is 4.99 Å². The highest BCUT2D eigenvalue weighted by molar-refractivity contribution is 14.0. The summed E-state index contributed by atoms with van der Waals surface area (Å²) in [7, 11) is 0. The molecule has 0 bridgehead atoms. The molecule has 0 radical (unpaired) electrons. The summed E-state index contributed by atoms with van der Waals surface area (Å²) in [6.07, 6.45) is 1.50. The first-order valence-corrected chi connectivity index (χ1v) is 8.20. The minimum absolute atomic E-state index is 0. The van der Waals surface area contributed by atoms with Gasteiger partial charge in [-0.2, -0.15) is 0 Å². The van der Waals surface area contributed by atoms with Crippen LogP contribution in [0.4, 0.5) is 4.39 Å². The van der Waals surface area contributed by atoms with Gasteiger partial charge in [-0.3, -0.25) is 14.5 Å². The molecule has 0 aliphatic carbocycles. The van der Waals surface area contributed by atoms with Gasteiger partial charge in [0.2, 0.25) is 11.8 Å². The first-order valence-electron chi connectivity index (χ1n) is 8.20. The maximum Gasteiger partial charge on any atom is 0.229 e. The number of imide groups is 1. The number of nitrogens with zero attached hydrogens (tertiary/aromatic N) is 2. The fraction of sp³-hybridized carbons (Fsp3) is 0.471. The lowest BCUT2D eigenvalue weighted by molar-refractivity contribution is -0.147. The molecule has 8 heteroatoms. The standard InChI is InChI=1S/C17H23FN4O2.HI/c1-2-19-17(21-12-13-5-3-6-14(18)11-13)20-9-10-22-15(23)7-4-8-16(22)24;/h3,5-6,11H,2,4,7-10,12H2,1H3,(H2,19,20,21);1H. The van der Waals surface area contributed by atoms with Crippen LogP contribution in [0, 0.1) is 5.82 Å². The third-order valence-corrected chi connectivity index (χ3v) is 3.66. The Morgan fingerprint density at radius 1 is 1.24 bits per heavy atom. The summed E-state index contributed by atoms with van der Waals surface area (Å²) in [4.78, 5) is 29.2. The molecule has 0 saturated carbocycles. The van der Waals surface area contributed by atoms with Crippen LogP contribution in [0.2, 0.25) is 0 Å². The van der Waals surface area contributed by atoms with E-state index in [1.54, 1.807) is 12.1 Å². The van der Waals surface area contributed by atoms with Crippen molar-refractivity contribution >= 4 is 41.8 Å². The van der Waals surface area contributed by atoms with Gasteiger partial charge >= 0.3 is 0 Å². The number of aliphatic imine (C=N–C) groups is 1. The Balaban J connectivity index is 0.00000312.